The normalized spacial score (nSPS) is 11.3. The zero-order valence-corrected chi connectivity index (χ0v) is 22.7. The Kier molecular flexibility index (Phi) is 8.13. The zero-order valence-electron chi connectivity index (χ0n) is 20.3. The van der Waals surface area contributed by atoms with E-state index >= 15 is 0 Å². The molecule has 182 valence electrons. The van der Waals surface area contributed by atoms with Crippen LogP contribution in [0.3, 0.4) is 0 Å². The van der Waals surface area contributed by atoms with Gasteiger partial charge >= 0.3 is 0 Å². The number of nitrogens with one attached hydrogen (secondary N) is 1. The van der Waals surface area contributed by atoms with Gasteiger partial charge in [0, 0.05) is 16.7 Å². The van der Waals surface area contributed by atoms with E-state index in [4.69, 9.17) is 4.74 Å². The van der Waals surface area contributed by atoms with Crippen LogP contribution in [0.1, 0.15) is 43.6 Å². The molecule has 1 N–H and O–H groups in total. The minimum atomic E-state index is -0.0746. The van der Waals surface area contributed by atoms with Gasteiger partial charge in [-0.05, 0) is 65.9 Å². The Bertz CT molecular complexity index is 1350. The van der Waals surface area contributed by atoms with Crippen molar-refractivity contribution in [1.29, 1.82) is 0 Å². The highest BCUT2D eigenvalue weighted by molar-refractivity contribution is 9.10. The van der Waals surface area contributed by atoms with Crippen LogP contribution in [-0.4, -0.2) is 26.4 Å². The van der Waals surface area contributed by atoms with Crippen LogP contribution >= 0.6 is 27.7 Å². The summed E-state index contributed by atoms with van der Waals surface area (Å²) >= 11 is 4.88. The molecule has 0 spiro atoms. The molecule has 0 saturated carbocycles. The van der Waals surface area contributed by atoms with Crippen molar-refractivity contribution >= 4 is 50.1 Å². The molecule has 0 unspecified atom stereocenters. The number of aryl methyl sites for hydroxylation is 1. The fraction of sp³-hybridized carbons (Fsp3) is 0.296. The molecule has 0 fully saturated rings. The number of nitrogens with zero attached hydrogens (tertiary/aromatic N) is 3. The Hall–Kier alpha value is -2.84. The quantitative estimate of drug-likeness (QED) is 0.227. The van der Waals surface area contributed by atoms with E-state index in [0.717, 1.165) is 32.9 Å². The van der Waals surface area contributed by atoms with Gasteiger partial charge in [0.15, 0.2) is 11.0 Å². The van der Waals surface area contributed by atoms with E-state index in [2.05, 4.69) is 70.4 Å². The lowest BCUT2D eigenvalue weighted by molar-refractivity contribution is -0.113. The van der Waals surface area contributed by atoms with Gasteiger partial charge in [0.2, 0.25) is 5.91 Å². The number of thioether (sulfide) groups is 1. The summed E-state index contributed by atoms with van der Waals surface area (Å²) < 4.78 is 9.11. The summed E-state index contributed by atoms with van der Waals surface area (Å²) in [7, 11) is 0. The van der Waals surface area contributed by atoms with Crippen molar-refractivity contribution in [3.8, 4) is 5.75 Å². The molecule has 1 heterocycles. The van der Waals surface area contributed by atoms with Crippen LogP contribution in [0.15, 0.2) is 64.2 Å². The molecule has 0 radical (unpaired) electrons. The van der Waals surface area contributed by atoms with Crippen LogP contribution in [0.2, 0.25) is 0 Å². The average Bonchev–Trinajstić information content (AvgIpc) is 3.25. The topological polar surface area (TPSA) is 69.0 Å². The van der Waals surface area contributed by atoms with Crippen molar-refractivity contribution in [3.05, 3.63) is 76.0 Å². The summed E-state index contributed by atoms with van der Waals surface area (Å²) in [6.45, 7) is 9.32. The molecule has 35 heavy (non-hydrogen) atoms. The summed E-state index contributed by atoms with van der Waals surface area (Å²) in [6, 6.07) is 18.2. The third-order valence-electron chi connectivity index (χ3n) is 5.86. The predicted molar refractivity (Wildman–Crippen MR) is 146 cm³/mol. The molecular weight excluding hydrogens is 524 g/mol. The second kappa shape index (κ2) is 11.3. The van der Waals surface area contributed by atoms with Crippen LogP contribution in [0, 0.1) is 6.92 Å². The molecule has 1 amide bonds. The molecule has 0 aliphatic heterocycles. The predicted octanol–water partition coefficient (Wildman–Crippen LogP) is 6.96. The monoisotopic (exact) mass is 552 g/mol. The number of hydrogen-bond acceptors (Lipinski definition) is 5. The van der Waals surface area contributed by atoms with Crippen molar-refractivity contribution in [2.75, 3.05) is 11.1 Å². The van der Waals surface area contributed by atoms with Crippen LogP contribution in [-0.2, 0) is 17.9 Å². The van der Waals surface area contributed by atoms with Crippen molar-refractivity contribution in [3.63, 3.8) is 0 Å². The number of hydrogen-bond donors (Lipinski definition) is 1. The summed E-state index contributed by atoms with van der Waals surface area (Å²) in [5.74, 6) is 2.04. The first-order chi connectivity index (χ1) is 16.9. The number of anilines is 1. The smallest absolute Gasteiger partial charge is 0.234 e. The van der Waals surface area contributed by atoms with Crippen molar-refractivity contribution in [2.45, 2.75) is 51.9 Å². The zero-order chi connectivity index (χ0) is 24.9. The van der Waals surface area contributed by atoms with Crippen LogP contribution in [0.25, 0.3) is 10.8 Å². The molecule has 4 aromatic rings. The van der Waals surface area contributed by atoms with E-state index in [1.807, 2.05) is 47.9 Å². The molecule has 3 aromatic carbocycles. The summed E-state index contributed by atoms with van der Waals surface area (Å²) in [6.07, 6.45) is 0. The highest BCUT2D eigenvalue weighted by Crippen LogP contribution is 2.29. The number of fused-ring (bicyclic) bond motifs is 1. The lowest BCUT2D eigenvalue weighted by atomic mass is 10.0. The van der Waals surface area contributed by atoms with E-state index in [-0.39, 0.29) is 11.7 Å². The maximum absolute atomic E-state index is 12.7. The highest BCUT2D eigenvalue weighted by atomic mass is 79.9. The van der Waals surface area contributed by atoms with Gasteiger partial charge in [-0.15, -0.1) is 10.2 Å². The minimum Gasteiger partial charge on any atom is -0.485 e. The molecule has 0 atom stereocenters. The van der Waals surface area contributed by atoms with Crippen molar-refractivity contribution in [2.24, 2.45) is 0 Å². The lowest BCUT2D eigenvalue weighted by Gasteiger charge is -2.14. The number of aromatic nitrogens is 3. The van der Waals surface area contributed by atoms with Gasteiger partial charge in [-0.3, -0.25) is 4.79 Å². The Morgan fingerprint density at radius 2 is 1.94 bits per heavy atom. The largest absolute Gasteiger partial charge is 0.485 e. The van der Waals surface area contributed by atoms with Crippen molar-refractivity contribution in [1.82, 2.24) is 14.8 Å². The number of carbonyl (C=O) groups excluding carboxylic acids is 1. The van der Waals surface area contributed by atoms with Gasteiger partial charge in [-0.1, -0.05) is 71.9 Å². The van der Waals surface area contributed by atoms with Gasteiger partial charge in [0.05, 0.1) is 5.75 Å². The summed E-state index contributed by atoms with van der Waals surface area (Å²) in [5.41, 5.74) is 3.04. The molecule has 0 saturated heterocycles. The van der Waals surface area contributed by atoms with Gasteiger partial charge in [0.1, 0.15) is 12.4 Å². The van der Waals surface area contributed by atoms with Gasteiger partial charge in [-0.2, -0.15) is 0 Å². The van der Waals surface area contributed by atoms with Crippen LogP contribution in [0.4, 0.5) is 5.69 Å². The lowest BCUT2D eigenvalue weighted by Crippen LogP contribution is -2.16. The third-order valence-corrected chi connectivity index (χ3v) is 7.32. The SMILES string of the molecule is CCn1c(COc2ccc3ccccc3c2C)nnc1SCC(=O)Nc1ccc(Br)cc1C(C)C. The molecule has 0 aliphatic carbocycles. The Morgan fingerprint density at radius 3 is 2.71 bits per heavy atom. The van der Waals surface area contributed by atoms with E-state index in [1.54, 1.807) is 0 Å². The molecule has 8 heteroatoms. The fourth-order valence-electron chi connectivity index (χ4n) is 4.00. The standard InChI is InChI=1S/C27H29BrN4O2S/c1-5-32-25(15-34-24-13-10-19-8-6-7-9-21(19)18(24)4)30-31-27(32)35-16-26(33)29-23-12-11-20(28)14-22(23)17(2)3/h6-14,17H,5,15-16H2,1-4H3,(H,29,33). The summed E-state index contributed by atoms with van der Waals surface area (Å²) in [4.78, 5) is 12.7. The number of benzene rings is 3. The maximum atomic E-state index is 12.7. The fourth-order valence-corrected chi connectivity index (χ4v) is 5.20. The van der Waals surface area contributed by atoms with Crippen LogP contribution < -0.4 is 10.1 Å². The third kappa shape index (κ3) is 5.87. The van der Waals surface area contributed by atoms with Gasteiger partial charge in [0.25, 0.3) is 0 Å². The summed E-state index contributed by atoms with van der Waals surface area (Å²) in [5, 5.41) is 14.8. The maximum Gasteiger partial charge on any atom is 0.234 e. The average molecular weight is 554 g/mol. The Balaban J connectivity index is 1.40. The van der Waals surface area contributed by atoms with E-state index in [9.17, 15) is 4.79 Å². The molecule has 0 bridgehead atoms. The van der Waals surface area contributed by atoms with Crippen LogP contribution in [0.5, 0.6) is 5.75 Å². The first-order valence-electron chi connectivity index (χ1n) is 11.6. The Morgan fingerprint density at radius 1 is 1.14 bits per heavy atom. The van der Waals surface area contributed by atoms with Gasteiger partial charge in [-0.25, -0.2) is 0 Å². The molecule has 6 nitrogen and oxygen atoms in total. The highest BCUT2D eigenvalue weighted by Gasteiger charge is 2.16. The Labute approximate surface area is 218 Å². The molecule has 0 aliphatic rings. The van der Waals surface area contributed by atoms with Gasteiger partial charge < -0.3 is 14.6 Å². The number of rotatable bonds is 9. The molecule has 4 rings (SSSR count). The first kappa shape index (κ1) is 25.3. The number of ether oxygens (including phenoxy) is 1. The van der Waals surface area contributed by atoms with E-state index in [0.29, 0.717) is 24.2 Å². The molecule has 1 aromatic heterocycles. The van der Waals surface area contributed by atoms with Crippen molar-refractivity contribution < 1.29 is 9.53 Å². The number of amides is 1. The second-order valence-corrected chi connectivity index (χ2v) is 10.4. The minimum absolute atomic E-state index is 0.0746. The number of carbonyl (C=O) groups is 1. The second-order valence-electron chi connectivity index (χ2n) is 8.56. The molecular formula is C27H29BrN4O2S. The number of halogens is 1. The first-order valence-corrected chi connectivity index (χ1v) is 13.4. The van der Waals surface area contributed by atoms with E-state index < -0.39 is 0 Å². The van der Waals surface area contributed by atoms with E-state index in [1.165, 1.54) is 22.5 Å².